The smallest absolute Gasteiger partial charge is 0.244 e. The molecule has 3 rings (SSSR count). The van der Waals surface area contributed by atoms with Crippen LogP contribution in [0.4, 0.5) is 0 Å². The maximum Gasteiger partial charge on any atom is 0.244 e. The largest absolute Gasteiger partial charge is 0.291 e. The number of nitrogens with one attached hydrogen (secondary N) is 1. The first-order valence-electron chi connectivity index (χ1n) is 8.17. The number of hydrogen-bond acceptors (Lipinski definition) is 7. The van der Waals surface area contributed by atoms with Crippen molar-refractivity contribution in [2.45, 2.75) is 38.0 Å². The maximum absolute atomic E-state index is 11.9. The molecular weight excluding hydrogens is 338 g/mol. The van der Waals surface area contributed by atoms with Gasteiger partial charge in [0.15, 0.2) is 0 Å². The second-order valence-corrected chi connectivity index (χ2v) is 6.98. The molecule has 2 aromatic heterocycles. The molecule has 0 aromatic carbocycles. The predicted molar refractivity (Wildman–Crippen MR) is 92.4 cm³/mol. The van der Waals surface area contributed by atoms with E-state index in [0.29, 0.717) is 11.1 Å². The molecule has 1 fully saturated rings. The third-order valence-corrected chi connectivity index (χ3v) is 5.06. The summed E-state index contributed by atoms with van der Waals surface area (Å²) < 4.78 is 0. The molecule has 2 aromatic rings. The summed E-state index contributed by atoms with van der Waals surface area (Å²) in [5, 5.41) is 26.9. The highest BCUT2D eigenvalue weighted by Gasteiger charge is 2.62. The standard InChI is InChI=1S/C17H19N5O4/c1-17(2)15(21(23)24)13(11-5-3-7-18-9-11)20-14(16(17)22(25)26)12-6-4-8-19-10-12/h3-10,13-16,20H,1-2H3/t13-,14-,15-,16+/m0/s1. The van der Waals surface area contributed by atoms with Crippen molar-refractivity contribution in [3.05, 3.63) is 80.4 Å². The number of nitrogens with zero attached hydrogens (tertiary/aromatic N) is 4. The molecule has 0 aliphatic carbocycles. The summed E-state index contributed by atoms with van der Waals surface area (Å²) in [6, 6.07) is 3.07. The van der Waals surface area contributed by atoms with Crippen LogP contribution in [0.15, 0.2) is 49.1 Å². The Bertz CT molecular complexity index is 734. The zero-order valence-corrected chi connectivity index (χ0v) is 14.4. The van der Waals surface area contributed by atoms with E-state index >= 15 is 0 Å². The van der Waals surface area contributed by atoms with Crippen molar-refractivity contribution in [1.29, 1.82) is 0 Å². The first-order valence-corrected chi connectivity index (χ1v) is 8.17. The Kier molecular flexibility index (Phi) is 4.64. The fraction of sp³-hybridized carbons (Fsp3) is 0.412. The van der Waals surface area contributed by atoms with Crippen LogP contribution in [0.2, 0.25) is 0 Å². The van der Waals surface area contributed by atoms with E-state index in [4.69, 9.17) is 0 Å². The van der Waals surface area contributed by atoms with Gasteiger partial charge in [-0.15, -0.1) is 0 Å². The Morgan fingerprint density at radius 2 is 1.35 bits per heavy atom. The summed E-state index contributed by atoms with van der Waals surface area (Å²) in [5.41, 5.74) is 0.0372. The fourth-order valence-corrected chi connectivity index (χ4v) is 3.87. The minimum Gasteiger partial charge on any atom is -0.291 e. The monoisotopic (exact) mass is 357 g/mol. The lowest BCUT2D eigenvalue weighted by Gasteiger charge is -2.44. The fourth-order valence-electron chi connectivity index (χ4n) is 3.87. The number of piperidine rings is 1. The van der Waals surface area contributed by atoms with Gasteiger partial charge in [-0.05, 0) is 37.1 Å². The Morgan fingerprint density at radius 3 is 1.65 bits per heavy atom. The van der Waals surface area contributed by atoms with Crippen molar-refractivity contribution in [3.8, 4) is 0 Å². The lowest BCUT2D eigenvalue weighted by atomic mass is 9.66. The highest BCUT2D eigenvalue weighted by atomic mass is 16.6. The summed E-state index contributed by atoms with van der Waals surface area (Å²) in [5.74, 6) is 0. The molecule has 4 atom stereocenters. The molecule has 0 unspecified atom stereocenters. The Hall–Kier alpha value is -2.94. The Balaban J connectivity index is 2.14. The van der Waals surface area contributed by atoms with Crippen molar-refractivity contribution >= 4 is 0 Å². The molecule has 1 aliphatic heterocycles. The van der Waals surface area contributed by atoms with E-state index in [1.54, 1.807) is 62.9 Å². The van der Waals surface area contributed by atoms with Gasteiger partial charge in [-0.2, -0.15) is 0 Å². The van der Waals surface area contributed by atoms with Crippen LogP contribution in [0.5, 0.6) is 0 Å². The van der Waals surface area contributed by atoms with Gasteiger partial charge in [-0.25, -0.2) is 0 Å². The quantitative estimate of drug-likeness (QED) is 0.657. The molecule has 136 valence electrons. The number of pyridine rings is 2. The molecule has 9 heteroatoms. The molecule has 9 nitrogen and oxygen atoms in total. The molecule has 1 N–H and O–H groups in total. The van der Waals surface area contributed by atoms with Crippen molar-refractivity contribution < 1.29 is 9.85 Å². The van der Waals surface area contributed by atoms with Crippen LogP contribution < -0.4 is 5.32 Å². The van der Waals surface area contributed by atoms with E-state index in [2.05, 4.69) is 15.3 Å². The topological polar surface area (TPSA) is 124 Å². The zero-order valence-electron chi connectivity index (χ0n) is 14.4. The third kappa shape index (κ3) is 3.01. The summed E-state index contributed by atoms with van der Waals surface area (Å²) in [7, 11) is 0. The minimum atomic E-state index is -1.21. The van der Waals surface area contributed by atoms with Crippen molar-refractivity contribution in [1.82, 2.24) is 15.3 Å². The molecule has 3 heterocycles. The van der Waals surface area contributed by atoms with Gasteiger partial charge in [0.05, 0.1) is 0 Å². The van der Waals surface area contributed by atoms with Crippen LogP contribution in [-0.2, 0) is 0 Å². The average molecular weight is 357 g/mol. The molecule has 1 saturated heterocycles. The van der Waals surface area contributed by atoms with Crippen LogP contribution in [-0.4, -0.2) is 31.9 Å². The lowest BCUT2D eigenvalue weighted by molar-refractivity contribution is -0.605. The number of hydrogen-bond donors (Lipinski definition) is 1. The second-order valence-electron chi connectivity index (χ2n) is 6.98. The van der Waals surface area contributed by atoms with Gasteiger partial charge < -0.3 is 0 Å². The first kappa shape index (κ1) is 17.9. The highest BCUT2D eigenvalue weighted by Crippen LogP contribution is 2.46. The van der Waals surface area contributed by atoms with Crippen LogP contribution in [0.25, 0.3) is 0 Å². The molecule has 0 amide bonds. The normalized spacial score (nSPS) is 27.6. The van der Waals surface area contributed by atoms with Crippen molar-refractivity contribution in [3.63, 3.8) is 0 Å². The van der Waals surface area contributed by atoms with Gasteiger partial charge in [0, 0.05) is 34.6 Å². The van der Waals surface area contributed by atoms with Gasteiger partial charge in [-0.3, -0.25) is 35.5 Å². The molecule has 0 spiro atoms. The van der Waals surface area contributed by atoms with Gasteiger partial charge >= 0.3 is 0 Å². The van der Waals surface area contributed by atoms with Crippen molar-refractivity contribution in [2.75, 3.05) is 0 Å². The van der Waals surface area contributed by atoms with Gasteiger partial charge in [0.1, 0.15) is 17.5 Å². The lowest BCUT2D eigenvalue weighted by Crippen LogP contribution is -2.63. The van der Waals surface area contributed by atoms with E-state index in [0.717, 1.165) is 0 Å². The Labute approximate surface area is 149 Å². The molecule has 0 radical (unpaired) electrons. The van der Waals surface area contributed by atoms with E-state index < -0.39 is 39.4 Å². The molecule has 0 bridgehead atoms. The second kappa shape index (κ2) is 6.75. The van der Waals surface area contributed by atoms with Crippen molar-refractivity contribution in [2.24, 2.45) is 5.41 Å². The third-order valence-electron chi connectivity index (χ3n) is 5.06. The summed E-state index contributed by atoms with van der Waals surface area (Å²) in [6.07, 6.45) is 6.27. The summed E-state index contributed by atoms with van der Waals surface area (Å²) >= 11 is 0. The van der Waals surface area contributed by atoms with Crippen LogP contribution in [0.3, 0.4) is 0 Å². The highest BCUT2D eigenvalue weighted by molar-refractivity contribution is 5.25. The maximum atomic E-state index is 11.9. The van der Waals surface area contributed by atoms with E-state index in [1.165, 1.54) is 0 Å². The van der Waals surface area contributed by atoms with Crippen LogP contribution >= 0.6 is 0 Å². The molecule has 26 heavy (non-hydrogen) atoms. The van der Waals surface area contributed by atoms with Crippen LogP contribution in [0.1, 0.15) is 37.1 Å². The van der Waals surface area contributed by atoms with E-state index in [1.807, 2.05) is 0 Å². The van der Waals surface area contributed by atoms with Gasteiger partial charge in [-0.1, -0.05) is 12.1 Å². The SMILES string of the molecule is CC1(C)[C@@H]([N+](=O)[O-])[C@H](c2cccnc2)N[C@@H](c2cccnc2)[C@H]1[N+](=O)[O-]. The van der Waals surface area contributed by atoms with E-state index in [-0.39, 0.29) is 0 Å². The van der Waals surface area contributed by atoms with E-state index in [9.17, 15) is 20.2 Å². The molecular formula is C17H19N5O4. The first-order chi connectivity index (χ1) is 12.3. The number of aromatic nitrogens is 2. The summed E-state index contributed by atoms with van der Waals surface area (Å²) in [6.45, 7) is 3.17. The van der Waals surface area contributed by atoms with Crippen LogP contribution in [0, 0.1) is 25.6 Å². The molecule has 0 saturated carbocycles. The molecule has 1 aliphatic rings. The predicted octanol–water partition coefficient (Wildman–Crippen LogP) is 2.18. The van der Waals surface area contributed by atoms with Gasteiger partial charge in [0.25, 0.3) is 0 Å². The Morgan fingerprint density at radius 1 is 0.923 bits per heavy atom. The van der Waals surface area contributed by atoms with Gasteiger partial charge in [0.2, 0.25) is 12.1 Å². The minimum absolute atomic E-state index is 0.430. The summed E-state index contributed by atoms with van der Waals surface area (Å²) in [4.78, 5) is 31.0. The number of rotatable bonds is 4. The zero-order chi connectivity index (χ0) is 18.9. The average Bonchev–Trinajstić information content (AvgIpc) is 2.60. The number of nitro groups is 2.